The number of aromatic nitrogens is 1. The maximum absolute atomic E-state index is 14.2. The summed E-state index contributed by atoms with van der Waals surface area (Å²) in [6.45, 7) is 11.0. The highest BCUT2D eigenvalue weighted by atomic mass is 16.7. The van der Waals surface area contributed by atoms with Gasteiger partial charge in [0.1, 0.15) is 36.3 Å². The molecular formula is C51H78N4O14. The first-order valence-corrected chi connectivity index (χ1v) is 24.5. The second-order valence-electron chi connectivity index (χ2n) is 19.6. The molecule has 3 saturated heterocycles. The predicted molar refractivity (Wildman–Crippen MR) is 256 cm³/mol. The van der Waals surface area contributed by atoms with E-state index in [1.165, 1.54) is 7.11 Å². The summed E-state index contributed by atoms with van der Waals surface area (Å²) in [5.41, 5.74) is 0.298. The molecule has 1 aromatic heterocycles. The van der Waals surface area contributed by atoms with Crippen LogP contribution in [0.1, 0.15) is 98.5 Å². The minimum atomic E-state index is -1.50. The second kappa shape index (κ2) is 26.0. The van der Waals surface area contributed by atoms with E-state index in [1.807, 2.05) is 61.4 Å². The van der Waals surface area contributed by atoms with Crippen molar-refractivity contribution in [1.82, 2.24) is 20.1 Å². The number of hydrogen-bond donors (Lipinski definition) is 4. The van der Waals surface area contributed by atoms with Gasteiger partial charge in [-0.3, -0.25) is 19.4 Å². The highest BCUT2D eigenvalue weighted by Crippen LogP contribution is 2.38. The molecule has 3 aliphatic rings. The number of pyridine rings is 1. The van der Waals surface area contributed by atoms with Crippen molar-refractivity contribution in [2.24, 2.45) is 11.8 Å². The van der Waals surface area contributed by atoms with Crippen molar-refractivity contribution >= 4 is 41.1 Å². The van der Waals surface area contributed by atoms with Crippen LogP contribution in [0, 0.1) is 11.8 Å². The van der Waals surface area contributed by atoms with Crippen LogP contribution < -0.4 is 5.32 Å². The number of esters is 2. The molecule has 1 amide bonds. The number of methoxy groups -OCH3 is 1. The number of nitrogens with one attached hydrogen (secondary N) is 1. The molecule has 0 saturated carbocycles. The van der Waals surface area contributed by atoms with Crippen molar-refractivity contribution in [3.63, 3.8) is 0 Å². The Morgan fingerprint density at radius 2 is 1.71 bits per heavy atom. The molecule has 69 heavy (non-hydrogen) atoms. The van der Waals surface area contributed by atoms with Gasteiger partial charge in [-0.2, -0.15) is 0 Å². The number of aliphatic hydroxyl groups excluding tert-OH is 2. The Kier molecular flexibility index (Phi) is 21.1. The van der Waals surface area contributed by atoms with Gasteiger partial charge in [0.25, 0.3) is 0 Å². The van der Waals surface area contributed by atoms with E-state index in [4.69, 9.17) is 33.2 Å². The van der Waals surface area contributed by atoms with Gasteiger partial charge in [-0.15, -0.1) is 0 Å². The summed E-state index contributed by atoms with van der Waals surface area (Å²) in [7, 11) is 6.84. The van der Waals surface area contributed by atoms with E-state index in [1.54, 1.807) is 59.8 Å². The molecule has 18 heteroatoms. The van der Waals surface area contributed by atoms with Gasteiger partial charge in [-0.1, -0.05) is 51.1 Å². The molecule has 0 radical (unpaired) electrons. The third-order valence-electron chi connectivity index (χ3n) is 13.7. The molecule has 3 fully saturated rings. The van der Waals surface area contributed by atoms with E-state index in [0.29, 0.717) is 25.9 Å². The van der Waals surface area contributed by atoms with Crippen LogP contribution in [0.25, 0.3) is 17.0 Å². The van der Waals surface area contributed by atoms with Crippen molar-refractivity contribution in [2.45, 2.75) is 178 Å². The van der Waals surface area contributed by atoms with Crippen molar-refractivity contribution in [1.29, 1.82) is 0 Å². The van der Waals surface area contributed by atoms with Crippen LogP contribution in [0.2, 0.25) is 0 Å². The molecule has 16 atom stereocenters. The summed E-state index contributed by atoms with van der Waals surface area (Å²) in [5, 5.41) is 39.5. The molecule has 0 bridgehead atoms. The second-order valence-corrected chi connectivity index (χ2v) is 19.6. The van der Waals surface area contributed by atoms with Crippen LogP contribution >= 0.6 is 0 Å². The zero-order chi connectivity index (χ0) is 50.6. The van der Waals surface area contributed by atoms with Gasteiger partial charge in [0.15, 0.2) is 18.7 Å². The van der Waals surface area contributed by atoms with Crippen LogP contribution in [0.3, 0.4) is 0 Å². The van der Waals surface area contributed by atoms with Crippen molar-refractivity contribution in [3.8, 4) is 0 Å². The summed E-state index contributed by atoms with van der Waals surface area (Å²) >= 11 is 0. The van der Waals surface area contributed by atoms with Gasteiger partial charge in [0, 0.05) is 57.0 Å². The molecule has 4 N–H and O–H groups in total. The largest absolute Gasteiger partial charge is 0.459 e. The van der Waals surface area contributed by atoms with Gasteiger partial charge >= 0.3 is 11.9 Å². The summed E-state index contributed by atoms with van der Waals surface area (Å²) < 4.78 is 43.7. The van der Waals surface area contributed by atoms with Crippen LogP contribution in [-0.4, -0.2) is 181 Å². The van der Waals surface area contributed by atoms with Crippen LogP contribution in [0.4, 0.5) is 0 Å². The predicted octanol–water partition coefficient (Wildman–Crippen LogP) is 3.79. The zero-order valence-electron chi connectivity index (χ0n) is 42.1. The Bertz CT molecular complexity index is 2000. The first-order chi connectivity index (χ1) is 32.8. The molecule has 18 nitrogen and oxygen atoms in total. The standard InChI is InChI=1S/C51H78N4O14/c1-11-41(59)66-39-26-40(58)53-36(18-15-16-33-25-34-17-13-14-19-37(34)52-28-33)20-22-55(9)29-38(57)30(3)24-35(21-23-56)47(48(39)63-10)69-50-45(61)44(54(7)8)46(31(4)65-50)68-43-27-51(6,62)49(32(5)64-43)67-42(60)12-2/h13-17,19,23,25,28,30-32,35-36,38-39,43-50,57,61-62H,11-12,18,20-22,24,26-27,29H2,1-10H3,(H,53,58)/b16-15+/t30-,31?,32?,35+,36?,38+,39-,43+,44?,45?,46+,47+,48+,49+,50+,51?/m1/s1. The topological polar surface area (TPSA) is 225 Å². The summed E-state index contributed by atoms with van der Waals surface area (Å²) in [6.07, 6.45) is -3.88. The third kappa shape index (κ3) is 15.3. The van der Waals surface area contributed by atoms with Gasteiger partial charge in [-0.05, 0) is 97.3 Å². The fourth-order valence-corrected chi connectivity index (χ4v) is 9.87. The lowest BCUT2D eigenvalue weighted by molar-refractivity contribution is -0.344. The first-order valence-electron chi connectivity index (χ1n) is 24.5. The lowest BCUT2D eigenvalue weighted by Crippen LogP contribution is -2.66. The monoisotopic (exact) mass is 971 g/mol. The van der Waals surface area contributed by atoms with E-state index in [-0.39, 0.29) is 50.5 Å². The molecule has 386 valence electrons. The molecule has 0 spiro atoms. The van der Waals surface area contributed by atoms with E-state index in [0.717, 1.165) is 22.8 Å². The zero-order valence-corrected chi connectivity index (χ0v) is 42.1. The van der Waals surface area contributed by atoms with Crippen molar-refractivity contribution in [2.75, 3.05) is 41.3 Å². The Labute approximate surface area is 407 Å². The molecule has 2 aromatic rings. The number of para-hydroxylation sites is 1. The van der Waals surface area contributed by atoms with Crippen molar-refractivity contribution in [3.05, 3.63) is 48.2 Å². The maximum atomic E-state index is 14.2. The number of nitrogens with zero attached hydrogens (tertiary/aromatic N) is 3. The molecule has 4 heterocycles. The minimum Gasteiger partial charge on any atom is -0.459 e. The van der Waals surface area contributed by atoms with E-state index in [2.05, 4.69) is 10.3 Å². The molecule has 5 rings (SSSR count). The number of rotatable bonds is 15. The molecular weight excluding hydrogens is 893 g/mol. The number of carbonyl (C=O) groups excluding carboxylic acids is 4. The highest BCUT2D eigenvalue weighted by Gasteiger charge is 2.53. The molecule has 0 aliphatic carbocycles. The third-order valence-corrected chi connectivity index (χ3v) is 13.7. The van der Waals surface area contributed by atoms with Gasteiger partial charge in [0.2, 0.25) is 5.91 Å². The SMILES string of the molecule is CCC(=O)O[C@@H]1CC(=O)NC(C/C=C/c2cnc3ccccc3c2)CCN(C)C[C@H](O)[C@H](C)C[C@H](CC=O)[C@H](O[C@@H]2OC(C)[C@H](O[C@H]3CC(C)(O)[C@@H](OC(=O)CC)C(C)O3)C(N(C)C)C2O)[C@H]1OC. The number of fused-ring (bicyclic) bond motifs is 1. The highest BCUT2D eigenvalue weighted by molar-refractivity contribution is 5.80. The Hall–Kier alpha value is -3.95. The number of likely N-dealkylation sites (N-methyl/N-ethyl adjacent to an activating group) is 2. The van der Waals surface area contributed by atoms with Crippen LogP contribution in [0.5, 0.6) is 0 Å². The Morgan fingerprint density at radius 3 is 2.38 bits per heavy atom. The maximum Gasteiger partial charge on any atom is 0.305 e. The minimum absolute atomic E-state index is 0.00177. The number of β-amino-alcohol motifs (C(OH)–C–C–N with tert-alkyl or cyclic N) is 1. The van der Waals surface area contributed by atoms with Gasteiger partial charge in [-0.25, -0.2) is 0 Å². The average molecular weight is 971 g/mol. The Balaban J connectivity index is 1.44. The smallest absolute Gasteiger partial charge is 0.305 e. The lowest BCUT2D eigenvalue weighted by Gasteiger charge is -2.50. The number of amides is 1. The number of aldehydes is 1. The average Bonchev–Trinajstić information content (AvgIpc) is 3.29. The fraction of sp³-hybridized carbons (Fsp3) is 0.706. The number of carbonyl (C=O) groups is 4. The number of ether oxygens (including phenoxy) is 7. The number of hydrogen-bond acceptors (Lipinski definition) is 17. The quantitative estimate of drug-likeness (QED) is 0.147. The molecule has 3 aliphatic heterocycles. The number of benzene rings is 1. The van der Waals surface area contributed by atoms with Gasteiger partial charge < -0.3 is 68.4 Å². The lowest BCUT2D eigenvalue weighted by atomic mass is 9.82. The van der Waals surface area contributed by atoms with Crippen molar-refractivity contribution < 1.29 is 67.7 Å². The first kappa shape index (κ1) is 56.0. The normalized spacial score (nSPS) is 35.8. The van der Waals surface area contributed by atoms with Crippen LogP contribution in [-0.2, 0) is 52.3 Å². The summed E-state index contributed by atoms with van der Waals surface area (Å²) in [5.74, 6) is -2.53. The summed E-state index contributed by atoms with van der Waals surface area (Å²) in [4.78, 5) is 60.5. The van der Waals surface area contributed by atoms with E-state index in [9.17, 15) is 34.5 Å². The Morgan fingerprint density at radius 1 is 1.00 bits per heavy atom. The number of aliphatic hydroxyl groups is 3. The van der Waals surface area contributed by atoms with E-state index < -0.39 is 103 Å². The van der Waals surface area contributed by atoms with Gasteiger partial charge in [0.05, 0.1) is 42.4 Å². The van der Waals surface area contributed by atoms with E-state index >= 15 is 0 Å². The molecule has 6 unspecified atom stereocenters. The summed E-state index contributed by atoms with van der Waals surface area (Å²) in [6, 6.07) is 8.77. The fourth-order valence-electron chi connectivity index (χ4n) is 9.87. The molecule has 1 aromatic carbocycles. The van der Waals surface area contributed by atoms with Crippen LogP contribution in [0.15, 0.2) is 42.6 Å².